The van der Waals surface area contributed by atoms with Gasteiger partial charge in [0, 0.05) is 29.3 Å². The highest BCUT2D eigenvalue weighted by molar-refractivity contribution is 6.03. The number of halogens is 2. The molecule has 0 saturated heterocycles. The summed E-state index contributed by atoms with van der Waals surface area (Å²) < 4.78 is 34.4. The SMILES string of the molecule is CCOC(=O)C1=C(C)NC2=C(C(=O)CCC2)[C@@H]1c1ccc(OC(F)F)cc1. The molecule has 0 unspecified atom stereocenters. The number of carbonyl (C=O) groups excluding carboxylic acids is 2. The molecule has 3 rings (SSSR count). The molecule has 1 aromatic rings. The highest BCUT2D eigenvalue weighted by atomic mass is 19.3. The van der Waals surface area contributed by atoms with E-state index in [0.717, 1.165) is 18.5 Å². The summed E-state index contributed by atoms with van der Waals surface area (Å²) in [6.45, 7) is 0.785. The molecule has 27 heavy (non-hydrogen) atoms. The van der Waals surface area contributed by atoms with Gasteiger partial charge in [-0.15, -0.1) is 0 Å². The second-order valence-electron chi connectivity index (χ2n) is 6.43. The van der Waals surface area contributed by atoms with Gasteiger partial charge in [0.15, 0.2) is 5.78 Å². The van der Waals surface area contributed by atoms with E-state index < -0.39 is 18.5 Å². The number of hydrogen-bond donors (Lipinski definition) is 1. The average Bonchev–Trinajstić information content (AvgIpc) is 2.61. The van der Waals surface area contributed by atoms with Crippen LogP contribution in [0, 0.1) is 0 Å². The maximum absolute atomic E-state index is 12.7. The number of hydrogen-bond acceptors (Lipinski definition) is 5. The van der Waals surface area contributed by atoms with Crippen LogP contribution in [-0.4, -0.2) is 25.0 Å². The Bertz CT molecular complexity index is 812. The van der Waals surface area contributed by atoms with Gasteiger partial charge in [-0.1, -0.05) is 12.1 Å². The summed E-state index contributed by atoms with van der Waals surface area (Å²) >= 11 is 0. The minimum atomic E-state index is -2.92. The molecule has 0 aromatic heterocycles. The maximum Gasteiger partial charge on any atom is 0.387 e. The lowest BCUT2D eigenvalue weighted by molar-refractivity contribution is -0.138. The molecule has 1 aliphatic heterocycles. The number of ether oxygens (including phenoxy) is 2. The quantitative estimate of drug-likeness (QED) is 0.791. The molecule has 1 aliphatic carbocycles. The molecule has 2 aliphatic rings. The monoisotopic (exact) mass is 377 g/mol. The Morgan fingerprint density at radius 3 is 2.59 bits per heavy atom. The molecule has 1 aromatic carbocycles. The number of allylic oxidation sites excluding steroid dienone is 3. The van der Waals surface area contributed by atoms with Crippen LogP contribution in [0.1, 0.15) is 44.6 Å². The topological polar surface area (TPSA) is 64.6 Å². The zero-order chi connectivity index (χ0) is 19.6. The molecule has 144 valence electrons. The van der Waals surface area contributed by atoms with E-state index in [1.54, 1.807) is 26.0 Å². The first-order valence-corrected chi connectivity index (χ1v) is 8.88. The third-order valence-electron chi connectivity index (χ3n) is 4.71. The van der Waals surface area contributed by atoms with E-state index >= 15 is 0 Å². The van der Waals surface area contributed by atoms with E-state index in [-0.39, 0.29) is 18.1 Å². The Kier molecular flexibility index (Phi) is 5.58. The molecule has 7 heteroatoms. The van der Waals surface area contributed by atoms with E-state index in [2.05, 4.69) is 10.1 Å². The first kappa shape index (κ1) is 19.1. The smallest absolute Gasteiger partial charge is 0.387 e. The third-order valence-corrected chi connectivity index (χ3v) is 4.71. The Labute approximate surface area is 156 Å². The standard InChI is InChI=1S/C20H21F2NO4/c1-3-26-19(25)16-11(2)23-14-5-4-6-15(24)18(14)17(16)12-7-9-13(10-8-12)27-20(21)22/h7-10,17,20,23H,3-6H2,1-2H3/t17-/m1/s1. The zero-order valence-electron chi connectivity index (χ0n) is 15.2. The number of benzene rings is 1. The van der Waals surface area contributed by atoms with Crippen LogP contribution in [0.15, 0.2) is 46.8 Å². The zero-order valence-corrected chi connectivity index (χ0v) is 15.2. The number of rotatable bonds is 5. The normalized spacial score (nSPS) is 19.7. The molecule has 0 saturated carbocycles. The maximum atomic E-state index is 12.7. The van der Waals surface area contributed by atoms with Crippen molar-refractivity contribution in [2.45, 2.75) is 45.6 Å². The first-order chi connectivity index (χ1) is 12.9. The van der Waals surface area contributed by atoms with Crippen LogP contribution < -0.4 is 10.1 Å². The summed E-state index contributed by atoms with van der Waals surface area (Å²) in [5.41, 5.74) is 3.03. The number of nitrogens with one attached hydrogen (secondary N) is 1. The van der Waals surface area contributed by atoms with Crippen LogP contribution in [0.25, 0.3) is 0 Å². The van der Waals surface area contributed by atoms with Gasteiger partial charge in [-0.2, -0.15) is 8.78 Å². The van der Waals surface area contributed by atoms with Gasteiger partial charge in [0.25, 0.3) is 0 Å². The van der Waals surface area contributed by atoms with Gasteiger partial charge in [-0.25, -0.2) is 4.79 Å². The van der Waals surface area contributed by atoms with Crippen molar-refractivity contribution in [3.05, 3.63) is 52.4 Å². The fraction of sp³-hybridized carbons (Fsp3) is 0.400. The summed E-state index contributed by atoms with van der Waals surface area (Å²) in [5.74, 6) is -1.08. The minimum Gasteiger partial charge on any atom is -0.463 e. The van der Waals surface area contributed by atoms with Crippen LogP contribution in [-0.2, 0) is 14.3 Å². The Balaban J connectivity index is 2.06. The fourth-order valence-electron chi connectivity index (χ4n) is 3.64. The van der Waals surface area contributed by atoms with Gasteiger partial charge in [-0.3, -0.25) is 4.79 Å². The number of dihydropyridines is 1. The number of Topliss-reactive ketones (excluding diaryl/α,β-unsaturated/α-hetero) is 1. The summed E-state index contributed by atoms with van der Waals surface area (Å²) in [5, 5.41) is 3.19. The van der Waals surface area contributed by atoms with Gasteiger partial charge in [0.1, 0.15) is 5.75 Å². The van der Waals surface area contributed by atoms with Gasteiger partial charge < -0.3 is 14.8 Å². The Morgan fingerprint density at radius 2 is 1.96 bits per heavy atom. The molecule has 0 spiro atoms. The fourth-order valence-corrected chi connectivity index (χ4v) is 3.64. The third kappa shape index (κ3) is 3.86. The van der Waals surface area contributed by atoms with Gasteiger partial charge >= 0.3 is 12.6 Å². The molecular formula is C20H21F2NO4. The van der Waals surface area contributed by atoms with E-state index in [4.69, 9.17) is 4.74 Å². The molecule has 5 nitrogen and oxygen atoms in total. The molecule has 1 N–H and O–H groups in total. The average molecular weight is 377 g/mol. The van der Waals surface area contributed by atoms with Crippen molar-refractivity contribution >= 4 is 11.8 Å². The van der Waals surface area contributed by atoms with Crippen LogP contribution >= 0.6 is 0 Å². The first-order valence-electron chi connectivity index (χ1n) is 8.88. The predicted octanol–water partition coefficient (Wildman–Crippen LogP) is 3.82. The van der Waals surface area contributed by atoms with E-state index in [9.17, 15) is 18.4 Å². The lowest BCUT2D eigenvalue weighted by Crippen LogP contribution is -2.34. The van der Waals surface area contributed by atoms with E-state index in [1.165, 1.54) is 12.1 Å². The molecule has 1 atom stereocenters. The molecule has 0 radical (unpaired) electrons. The van der Waals surface area contributed by atoms with Gasteiger partial charge in [-0.05, 0) is 44.4 Å². The number of carbonyl (C=O) groups is 2. The molecule has 0 amide bonds. The van der Waals surface area contributed by atoms with Crippen molar-refractivity contribution in [1.29, 1.82) is 0 Å². The molecular weight excluding hydrogens is 356 g/mol. The van der Waals surface area contributed by atoms with Crippen molar-refractivity contribution < 1.29 is 27.8 Å². The summed E-state index contributed by atoms with van der Waals surface area (Å²) in [4.78, 5) is 25.3. The highest BCUT2D eigenvalue weighted by Crippen LogP contribution is 2.42. The van der Waals surface area contributed by atoms with Crippen molar-refractivity contribution in [1.82, 2.24) is 5.32 Å². The number of esters is 1. The van der Waals surface area contributed by atoms with Crippen LogP contribution in [0.2, 0.25) is 0 Å². The molecule has 1 heterocycles. The van der Waals surface area contributed by atoms with Crippen molar-refractivity contribution in [2.75, 3.05) is 6.61 Å². The van der Waals surface area contributed by atoms with Gasteiger partial charge in [0.05, 0.1) is 12.2 Å². The summed E-state index contributed by atoms with van der Waals surface area (Å²) in [7, 11) is 0. The largest absolute Gasteiger partial charge is 0.463 e. The Morgan fingerprint density at radius 1 is 1.26 bits per heavy atom. The van der Waals surface area contributed by atoms with Crippen molar-refractivity contribution in [3.63, 3.8) is 0 Å². The van der Waals surface area contributed by atoms with Crippen LogP contribution in [0.5, 0.6) is 5.75 Å². The number of alkyl halides is 2. The second kappa shape index (κ2) is 7.90. The molecule has 0 fully saturated rings. The lowest BCUT2D eigenvalue weighted by Gasteiger charge is -2.34. The predicted molar refractivity (Wildman–Crippen MR) is 94.2 cm³/mol. The summed E-state index contributed by atoms with van der Waals surface area (Å²) in [6.07, 6.45) is 1.89. The molecule has 0 bridgehead atoms. The summed E-state index contributed by atoms with van der Waals surface area (Å²) in [6, 6.07) is 6.03. The highest BCUT2D eigenvalue weighted by Gasteiger charge is 2.39. The van der Waals surface area contributed by atoms with Gasteiger partial charge in [0.2, 0.25) is 0 Å². The second-order valence-corrected chi connectivity index (χ2v) is 6.43. The van der Waals surface area contributed by atoms with Crippen molar-refractivity contribution in [3.8, 4) is 5.75 Å². The lowest BCUT2D eigenvalue weighted by atomic mass is 9.75. The van der Waals surface area contributed by atoms with Crippen LogP contribution in [0.4, 0.5) is 8.78 Å². The Hall–Kier alpha value is -2.70. The minimum absolute atomic E-state index is 0.0176. The van der Waals surface area contributed by atoms with E-state index in [1.807, 2.05) is 0 Å². The van der Waals surface area contributed by atoms with E-state index in [0.29, 0.717) is 28.8 Å². The number of ketones is 1. The van der Waals surface area contributed by atoms with Crippen LogP contribution in [0.3, 0.4) is 0 Å². The van der Waals surface area contributed by atoms with Crippen molar-refractivity contribution in [2.24, 2.45) is 0 Å².